The van der Waals surface area contributed by atoms with Gasteiger partial charge in [-0.3, -0.25) is 9.59 Å². The fraction of sp³-hybridized carbons (Fsp3) is 0.364. The summed E-state index contributed by atoms with van der Waals surface area (Å²) >= 11 is 8.29. The molecule has 156 valence electrons. The fourth-order valence-corrected chi connectivity index (χ4v) is 3.21. The predicted octanol–water partition coefficient (Wildman–Crippen LogP) is 4.66. The lowest BCUT2D eigenvalue weighted by Crippen LogP contribution is -2.50. The van der Waals surface area contributed by atoms with E-state index in [0.29, 0.717) is 10.8 Å². The van der Waals surface area contributed by atoms with E-state index < -0.39 is 6.04 Å². The van der Waals surface area contributed by atoms with Gasteiger partial charge in [0.2, 0.25) is 5.91 Å². The molecule has 0 aliphatic heterocycles. The van der Waals surface area contributed by atoms with Gasteiger partial charge in [0.25, 0.3) is 5.91 Å². The van der Waals surface area contributed by atoms with Crippen LogP contribution in [0.2, 0.25) is 5.02 Å². The van der Waals surface area contributed by atoms with Crippen LogP contribution in [0.3, 0.4) is 0 Å². The molecule has 2 amide bonds. The van der Waals surface area contributed by atoms with Crippen LogP contribution in [0.25, 0.3) is 0 Å². The normalized spacial score (nSPS) is 12.7. The van der Waals surface area contributed by atoms with E-state index in [1.54, 1.807) is 19.1 Å². The van der Waals surface area contributed by atoms with Crippen molar-refractivity contribution in [2.75, 3.05) is 6.61 Å². The molecule has 7 heteroatoms. The Balaban J connectivity index is 2.14. The van der Waals surface area contributed by atoms with Gasteiger partial charge < -0.3 is 15.0 Å². The summed E-state index contributed by atoms with van der Waals surface area (Å²) in [4.78, 5) is 27.1. The molecule has 29 heavy (non-hydrogen) atoms. The molecular formula is C22H26ClIN2O3. The maximum atomic E-state index is 13.0. The second-order valence-electron chi connectivity index (χ2n) is 6.89. The van der Waals surface area contributed by atoms with E-state index >= 15 is 0 Å². The lowest BCUT2D eigenvalue weighted by molar-refractivity contribution is -0.142. The Morgan fingerprint density at radius 1 is 1.17 bits per heavy atom. The van der Waals surface area contributed by atoms with E-state index in [1.807, 2.05) is 50.2 Å². The second kappa shape index (κ2) is 11.4. The number of hydrogen-bond acceptors (Lipinski definition) is 3. The van der Waals surface area contributed by atoms with Gasteiger partial charge in [-0.05, 0) is 84.8 Å². The number of rotatable bonds is 9. The number of carbonyl (C=O) groups excluding carboxylic acids is 2. The molecule has 0 unspecified atom stereocenters. The van der Waals surface area contributed by atoms with E-state index in [1.165, 1.54) is 4.90 Å². The molecule has 0 saturated heterocycles. The molecule has 2 aromatic carbocycles. The third-order valence-electron chi connectivity index (χ3n) is 4.59. The van der Waals surface area contributed by atoms with Crippen LogP contribution < -0.4 is 10.1 Å². The molecule has 0 saturated carbocycles. The molecule has 0 bridgehead atoms. The first kappa shape index (κ1) is 23.5. The molecular weight excluding hydrogens is 503 g/mol. The Morgan fingerprint density at radius 3 is 2.48 bits per heavy atom. The van der Waals surface area contributed by atoms with Crippen LogP contribution in [0.1, 0.15) is 32.8 Å². The average molecular weight is 529 g/mol. The Hall–Kier alpha value is -1.80. The Bertz CT molecular complexity index is 829. The standard InChI is InChI=1S/C22H26ClIN2O3/c1-4-15(2)25-22(28)16(3)26(13-17-6-5-7-18(23)12-17)21(27)14-29-20-10-8-19(24)9-11-20/h5-12,15-16H,4,13-14H2,1-3H3,(H,25,28)/t15-,16-/m0/s1. The van der Waals surface area contributed by atoms with Gasteiger partial charge in [-0.2, -0.15) is 0 Å². The van der Waals surface area contributed by atoms with Gasteiger partial charge in [-0.1, -0.05) is 30.7 Å². The lowest BCUT2D eigenvalue weighted by Gasteiger charge is -2.29. The summed E-state index contributed by atoms with van der Waals surface area (Å²) in [5.74, 6) is 0.150. The molecule has 0 radical (unpaired) electrons. The number of carbonyl (C=O) groups is 2. The Labute approximate surface area is 190 Å². The van der Waals surface area contributed by atoms with Crippen LogP contribution >= 0.6 is 34.2 Å². The molecule has 0 aliphatic rings. The minimum absolute atomic E-state index is 0.0381. The highest BCUT2D eigenvalue weighted by Crippen LogP contribution is 2.17. The third-order valence-corrected chi connectivity index (χ3v) is 5.54. The van der Waals surface area contributed by atoms with Gasteiger partial charge in [-0.15, -0.1) is 0 Å². The molecule has 5 nitrogen and oxygen atoms in total. The van der Waals surface area contributed by atoms with E-state index in [4.69, 9.17) is 16.3 Å². The number of nitrogens with one attached hydrogen (secondary N) is 1. The monoisotopic (exact) mass is 528 g/mol. The zero-order valence-electron chi connectivity index (χ0n) is 16.8. The molecule has 0 aromatic heterocycles. The van der Waals surface area contributed by atoms with Crippen LogP contribution in [0, 0.1) is 3.57 Å². The van der Waals surface area contributed by atoms with Gasteiger partial charge in [-0.25, -0.2) is 0 Å². The van der Waals surface area contributed by atoms with Gasteiger partial charge in [0.1, 0.15) is 11.8 Å². The maximum Gasteiger partial charge on any atom is 0.261 e. The van der Waals surface area contributed by atoms with Gasteiger partial charge >= 0.3 is 0 Å². The van der Waals surface area contributed by atoms with Crippen molar-refractivity contribution in [3.63, 3.8) is 0 Å². The van der Waals surface area contributed by atoms with Crippen LogP contribution in [-0.2, 0) is 16.1 Å². The number of halogens is 2. The second-order valence-corrected chi connectivity index (χ2v) is 8.57. The van der Waals surface area contributed by atoms with Crippen LogP contribution in [-0.4, -0.2) is 35.4 Å². The minimum Gasteiger partial charge on any atom is -0.484 e. The summed E-state index contributed by atoms with van der Waals surface area (Å²) in [6.07, 6.45) is 0.816. The highest BCUT2D eigenvalue weighted by Gasteiger charge is 2.27. The molecule has 2 rings (SSSR count). The fourth-order valence-electron chi connectivity index (χ4n) is 2.64. The van der Waals surface area contributed by atoms with Crippen molar-refractivity contribution < 1.29 is 14.3 Å². The zero-order valence-corrected chi connectivity index (χ0v) is 19.7. The summed E-state index contributed by atoms with van der Waals surface area (Å²) < 4.78 is 6.73. The summed E-state index contributed by atoms with van der Waals surface area (Å²) in [6.45, 7) is 5.78. The number of ether oxygens (including phenoxy) is 1. The van der Waals surface area contributed by atoms with Crippen molar-refractivity contribution >= 4 is 46.0 Å². The molecule has 0 heterocycles. The highest BCUT2D eigenvalue weighted by molar-refractivity contribution is 14.1. The minimum atomic E-state index is -0.643. The average Bonchev–Trinajstić information content (AvgIpc) is 2.70. The van der Waals surface area contributed by atoms with Crippen LogP contribution in [0.4, 0.5) is 0 Å². The quantitative estimate of drug-likeness (QED) is 0.482. The third kappa shape index (κ3) is 7.51. The molecule has 2 atom stereocenters. The number of nitrogens with zero attached hydrogens (tertiary/aromatic N) is 1. The molecule has 0 fully saturated rings. The van der Waals surface area contributed by atoms with Crippen molar-refractivity contribution in [2.24, 2.45) is 0 Å². The van der Waals surface area contributed by atoms with Crippen LogP contribution in [0.5, 0.6) is 5.75 Å². The van der Waals surface area contributed by atoms with Crippen molar-refractivity contribution in [1.29, 1.82) is 0 Å². The summed E-state index contributed by atoms with van der Waals surface area (Å²) in [5.41, 5.74) is 0.850. The van der Waals surface area contributed by atoms with Crippen LogP contribution in [0.15, 0.2) is 48.5 Å². The largest absolute Gasteiger partial charge is 0.484 e. The van der Waals surface area contributed by atoms with Crippen molar-refractivity contribution in [2.45, 2.75) is 45.8 Å². The van der Waals surface area contributed by atoms with Gasteiger partial charge in [0.05, 0.1) is 0 Å². The maximum absolute atomic E-state index is 13.0. The number of benzene rings is 2. The molecule has 1 N–H and O–H groups in total. The molecule has 0 aliphatic carbocycles. The van der Waals surface area contributed by atoms with E-state index in [-0.39, 0.29) is 31.0 Å². The topological polar surface area (TPSA) is 58.6 Å². The predicted molar refractivity (Wildman–Crippen MR) is 124 cm³/mol. The van der Waals surface area contributed by atoms with Gasteiger partial charge in [0.15, 0.2) is 6.61 Å². The number of hydrogen-bond donors (Lipinski definition) is 1. The highest BCUT2D eigenvalue weighted by atomic mass is 127. The summed E-state index contributed by atoms with van der Waals surface area (Å²) in [5, 5.41) is 3.53. The summed E-state index contributed by atoms with van der Waals surface area (Å²) in [6, 6.07) is 14.1. The van der Waals surface area contributed by atoms with Crippen molar-refractivity contribution in [1.82, 2.24) is 10.2 Å². The number of amides is 2. The molecule has 0 spiro atoms. The van der Waals surface area contributed by atoms with Crippen molar-refractivity contribution in [3.8, 4) is 5.75 Å². The lowest BCUT2D eigenvalue weighted by atomic mass is 10.1. The Morgan fingerprint density at radius 2 is 1.86 bits per heavy atom. The first-order valence-corrected chi connectivity index (χ1v) is 11.0. The van der Waals surface area contributed by atoms with Gasteiger partial charge in [0, 0.05) is 21.2 Å². The Kier molecular flexibility index (Phi) is 9.23. The first-order valence-electron chi connectivity index (χ1n) is 9.52. The smallest absolute Gasteiger partial charge is 0.261 e. The SMILES string of the molecule is CC[C@H](C)NC(=O)[C@H](C)N(Cc1cccc(Cl)c1)C(=O)COc1ccc(I)cc1. The van der Waals surface area contributed by atoms with Crippen molar-refractivity contribution in [3.05, 3.63) is 62.7 Å². The summed E-state index contributed by atoms with van der Waals surface area (Å²) in [7, 11) is 0. The zero-order chi connectivity index (χ0) is 21.4. The van der Waals surface area contributed by atoms with E-state index in [0.717, 1.165) is 15.6 Å². The van der Waals surface area contributed by atoms with E-state index in [9.17, 15) is 9.59 Å². The van der Waals surface area contributed by atoms with E-state index in [2.05, 4.69) is 27.9 Å². The molecule has 2 aromatic rings. The first-order chi connectivity index (χ1) is 13.8.